The number of carbonyl (C=O) groups is 2. The topological polar surface area (TPSA) is 104 Å². The maximum Gasteiger partial charge on any atom is 0.249 e. The first-order valence-corrected chi connectivity index (χ1v) is 8.33. The first-order valence-electron chi connectivity index (χ1n) is 8.33. The molecule has 1 aromatic carbocycles. The Hall–Kier alpha value is -3.23. The SMILES string of the molecule is CC(C)=C1N=C2NC(=O)C[C@@H](C(=O)Nc3ccc4c(c3)OCCO4)N2N1. The van der Waals surface area contributed by atoms with E-state index in [0.29, 0.717) is 42.2 Å². The van der Waals surface area contributed by atoms with Crippen LogP contribution in [0.2, 0.25) is 0 Å². The van der Waals surface area contributed by atoms with Gasteiger partial charge in [-0.05, 0) is 31.6 Å². The lowest BCUT2D eigenvalue weighted by Gasteiger charge is -2.32. The standard InChI is InChI=1S/C17H19N5O4/c1-9(2)15-20-17-19-14(23)8-11(22(17)21-15)16(24)18-10-3-4-12-13(7-10)26-6-5-25-12/h3-4,7,11,21H,5-6,8H2,1-2H3,(H,18,24)(H,19,20,23)/t11-/m0/s1. The van der Waals surface area contributed by atoms with Crippen molar-refractivity contribution >= 4 is 23.5 Å². The first kappa shape index (κ1) is 16.2. The molecule has 9 nitrogen and oxygen atoms in total. The Labute approximate surface area is 150 Å². The molecule has 26 heavy (non-hydrogen) atoms. The molecule has 0 saturated carbocycles. The lowest BCUT2D eigenvalue weighted by atomic mass is 10.1. The van der Waals surface area contributed by atoms with Gasteiger partial charge in [-0.3, -0.25) is 20.3 Å². The predicted octanol–water partition coefficient (Wildman–Crippen LogP) is 0.712. The minimum absolute atomic E-state index is 0.0262. The van der Waals surface area contributed by atoms with E-state index in [0.717, 1.165) is 5.57 Å². The van der Waals surface area contributed by atoms with Crippen molar-refractivity contribution in [3.8, 4) is 11.5 Å². The molecule has 1 aromatic rings. The Kier molecular flexibility index (Phi) is 3.90. The summed E-state index contributed by atoms with van der Waals surface area (Å²) in [6, 6.07) is 4.48. The molecule has 4 rings (SSSR count). The van der Waals surface area contributed by atoms with Crippen molar-refractivity contribution in [3.63, 3.8) is 0 Å². The maximum atomic E-state index is 12.8. The number of hydrogen-bond donors (Lipinski definition) is 3. The molecule has 136 valence electrons. The van der Waals surface area contributed by atoms with E-state index >= 15 is 0 Å². The number of nitrogens with one attached hydrogen (secondary N) is 3. The summed E-state index contributed by atoms with van der Waals surface area (Å²) in [6.45, 7) is 4.77. The van der Waals surface area contributed by atoms with Gasteiger partial charge in [0.2, 0.25) is 17.8 Å². The van der Waals surface area contributed by atoms with E-state index in [1.807, 2.05) is 13.8 Å². The summed E-state index contributed by atoms with van der Waals surface area (Å²) in [5, 5.41) is 7.09. The number of aliphatic imine (C=N–C) groups is 1. The van der Waals surface area contributed by atoms with Crippen LogP contribution in [0.4, 0.5) is 5.69 Å². The van der Waals surface area contributed by atoms with Gasteiger partial charge in [-0.2, -0.15) is 4.99 Å². The van der Waals surface area contributed by atoms with Crippen molar-refractivity contribution in [1.29, 1.82) is 0 Å². The van der Waals surface area contributed by atoms with E-state index in [1.54, 1.807) is 23.2 Å². The van der Waals surface area contributed by atoms with Crippen LogP contribution >= 0.6 is 0 Å². The van der Waals surface area contributed by atoms with Crippen molar-refractivity contribution in [2.75, 3.05) is 18.5 Å². The number of hydrogen-bond acceptors (Lipinski definition) is 7. The molecule has 3 heterocycles. The third-order valence-electron chi connectivity index (χ3n) is 4.20. The van der Waals surface area contributed by atoms with Crippen molar-refractivity contribution in [2.24, 2.45) is 4.99 Å². The second-order valence-electron chi connectivity index (χ2n) is 6.38. The number of rotatable bonds is 2. The van der Waals surface area contributed by atoms with E-state index in [-0.39, 0.29) is 18.2 Å². The van der Waals surface area contributed by atoms with E-state index in [2.05, 4.69) is 21.1 Å². The Morgan fingerprint density at radius 3 is 2.81 bits per heavy atom. The smallest absolute Gasteiger partial charge is 0.249 e. The summed E-state index contributed by atoms with van der Waals surface area (Å²) in [5.74, 6) is 1.63. The van der Waals surface area contributed by atoms with E-state index in [1.165, 1.54) is 0 Å². The molecule has 9 heteroatoms. The molecule has 0 aliphatic carbocycles. The Balaban J connectivity index is 1.53. The molecule has 1 atom stereocenters. The average Bonchev–Trinajstić information content (AvgIpc) is 3.05. The van der Waals surface area contributed by atoms with Gasteiger partial charge in [0.1, 0.15) is 25.1 Å². The van der Waals surface area contributed by atoms with E-state index < -0.39 is 6.04 Å². The summed E-state index contributed by atoms with van der Waals surface area (Å²) in [5.41, 5.74) is 4.59. The van der Waals surface area contributed by atoms with Gasteiger partial charge in [-0.15, -0.1) is 0 Å². The minimum Gasteiger partial charge on any atom is -0.486 e. The largest absolute Gasteiger partial charge is 0.486 e. The number of benzene rings is 1. The third kappa shape index (κ3) is 2.92. The fraction of sp³-hybridized carbons (Fsp3) is 0.353. The number of carbonyl (C=O) groups excluding carboxylic acids is 2. The molecular formula is C17H19N5O4. The van der Waals surface area contributed by atoms with Crippen LogP contribution in [0.15, 0.2) is 34.6 Å². The highest BCUT2D eigenvalue weighted by atomic mass is 16.6. The zero-order valence-corrected chi connectivity index (χ0v) is 14.5. The Bertz CT molecular complexity index is 844. The molecule has 3 N–H and O–H groups in total. The molecule has 0 bridgehead atoms. The molecule has 3 aliphatic rings. The van der Waals surface area contributed by atoms with Crippen molar-refractivity contribution in [3.05, 3.63) is 29.6 Å². The Morgan fingerprint density at radius 1 is 1.27 bits per heavy atom. The van der Waals surface area contributed by atoms with Crippen LogP contribution in [-0.2, 0) is 9.59 Å². The maximum absolute atomic E-state index is 12.8. The number of fused-ring (bicyclic) bond motifs is 2. The highest BCUT2D eigenvalue weighted by molar-refractivity contribution is 6.07. The molecule has 0 unspecified atom stereocenters. The lowest BCUT2D eigenvalue weighted by Crippen LogP contribution is -2.61. The van der Waals surface area contributed by atoms with Gasteiger partial charge in [-0.1, -0.05) is 0 Å². The molecule has 1 fully saturated rings. The first-order chi connectivity index (χ1) is 12.5. The third-order valence-corrected chi connectivity index (χ3v) is 4.20. The molecule has 0 spiro atoms. The fourth-order valence-corrected chi connectivity index (χ4v) is 2.89. The number of hydrazine groups is 1. The summed E-state index contributed by atoms with van der Waals surface area (Å²) in [4.78, 5) is 29.1. The van der Waals surface area contributed by atoms with Gasteiger partial charge in [-0.25, -0.2) is 5.01 Å². The number of allylic oxidation sites excluding steroid dienone is 1. The van der Waals surface area contributed by atoms with Crippen LogP contribution in [0.1, 0.15) is 20.3 Å². The average molecular weight is 357 g/mol. The van der Waals surface area contributed by atoms with Crippen LogP contribution in [0.25, 0.3) is 0 Å². The molecule has 0 radical (unpaired) electrons. The number of anilines is 1. The number of nitrogens with zero attached hydrogens (tertiary/aromatic N) is 2. The van der Waals surface area contributed by atoms with Crippen LogP contribution < -0.4 is 25.5 Å². The summed E-state index contributed by atoms with van der Waals surface area (Å²) in [7, 11) is 0. The van der Waals surface area contributed by atoms with Crippen molar-refractivity contribution in [2.45, 2.75) is 26.3 Å². The molecular weight excluding hydrogens is 338 g/mol. The van der Waals surface area contributed by atoms with Crippen LogP contribution in [-0.4, -0.2) is 42.0 Å². The second-order valence-corrected chi connectivity index (χ2v) is 6.38. The summed E-state index contributed by atoms with van der Waals surface area (Å²) >= 11 is 0. The normalized spacial score (nSPS) is 20.6. The number of guanidine groups is 1. The number of amides is 2. The van der Waals surface area contributed by atoms with Crippen molar-refractivity contribution < 1.29 is 19.1 Å². The molecule has 3 aliphatic heterocycles. The van der Waals surface area contributed by atoms with E-state index in [4.69, 9.17) is 9.47 Å². The summed E-state index contributed by atoms with van der Waals surface area (Å²) < 4.78 is 11.0. The van der Waals surface area contributed by atoms with Crippen LogP contribution in [0.3, 0.4) is 0 Å². The molecule has 2 amide bonds. The van der Waals surface area contributed by atoms with Gasteiger partial charge in [0.15, 0.2) is 11.5 Å². The van der Waals surface area contributed by atoms with Gasteiger partial charge in [0.25, 0.3) is 0 Å². The van der Waals surface area contributed by atoms with Gasteiger partial charge >= 0.3 is 0 Å². The quantitative estimate of drug-likeness (QED) is 0.720. The fourth-order valence-electron chi connectivity index (χ4n) is 2.89. The Morgan fingerprint density at radius 2 is 2.04 bits per heavy atom. The second kappa shape index (κ2) is 6.25. The zero-order chi connectivity index (χ0) is 18.3. The van der Waals surface area contributed by atoms with Gasteiger partial charge in [0.05, 0.1) is 6.42 Å². The minimum atomic E-state index is -0.715. The van der Waals surface area contributed by atoms with Gasteiger partial charge in [0, 0.05) is 11.8 Å². The highest BCUT2D eigenvalue weighted by Gasteiger charge is 2.39. The summed E-state index contributed by atoms with van der Waals surface area (Å²) in [6.07, 6.45) is 0.0262. The van der Waals surface area contributed by atoms with Crippen LogP contribution in [0.5, 0.6) is 11.5 Å². The van der Waals surface area contributed by atoms with Crippen LogP contribution in [0, 0.1) is 0 Å². The number of ether oxygens (including phenoxy) is 2. The molecule has 0 aromatic heterocycles. The molecule has 1 saturated heterocycles. The predicted molar refractivity (Wildman–Crippen MR) is 93.4 cm³/mol. The highest BCUT2D eigenvalue weighted by Crippen LogP contribution is 2.32. The van der Waals surface area contributed by atoms with Gasteiger partial charge < -0.3 is 14.8 Å². The zero-order valence-electron chi connectivity index (χ0n) is 14.5. The van der Waals surface area contributed by atoms with E-state index in [9.17, 15) is 9.59 Å². The monoisotopic (exact) mass is 357 g/mol. The lowest BCUT2D eigenvalue weighted by molar-refractivity contribution is -0.129. The van der Waals surface area contributed by atoms with Crippen molar-refractivity contribution in [1.82, 2.24) is 15.8 Å².